The third-order valence-electron chi connectivity index (χ3n) is 3.72. The van der Waals surface area contributed by atoms with Crippen LogP contribution < -0.4 is 20.1 Å². The maximum absolute atomic E-state index is 11.9. The molecule has 0 saturated carbocycles. The van der Waals surface area contributed by atoms with Crippen molar-refractivity contribution in [1.29, 1.82) is 0 Å². The van der Waals surface area contributed by atoms with Crippen LogP contribution in [0, 0.1) is 0 Å². The lowest BCUT2D eigenvalue weighted by Gasteiger charge is -2.16. The second-order valence-electron chi connectivity index (χ2n) is 5.29. The zero-order valence-corrected chi connectivity index (χ0v) is 13.6. The molecule has 0 spiro atoms. The molecular formula is C16H23N3O4. The van der Waals surface area contributed by atoms with Crippen LogP contribution >= 0.6 is 0 Å². The lowest BCUT2D eigenvalue weighted by molar-refractivity contribution is -0.127. The van der Waals surface area contributed by atoms with Crippen molar-refractivity contribution < 1.29 is 19.1 Å². The number of hydrogen-bond donors (Lipinski definition) is 2. The van der Waals surface area contributed by atoms with E-state index in [1.807, 2.05) is 4.90 Å². The van der Waals surface area contributed by atoms with Crippen LogP contribution in [-0.4, -0.2) is 50.7 Å². The number of methoxy groups -OCH3 is 2. The van der Waals surface area contributed by atoms with Crippen LogP contribution in [0.4, 0.5) is 10.5 Å². The van der Waals surface area contributed by atoms with Crippen molar-refractivity contribution in [3.63, 3.8) is 0 Å². The molecule has 3 amide bonds. The Balaban J connectivity index is 1.77. The predicted octanol–water partition coefficient (Wildman–Crippen LogP) is 1.84. The first-order valence-electron chi connectivity index (χ1n) is 7.68. The SMILES string of the molecule is COc1ccc(OC)c(NC(=O)NCCCN2CCCC2=O)c1. The van der Waals surface area contributed by atoms with Crippen molar-refractivity contribution in [2.45, 2.75) is 19.3 Å². The molecule has 23 heavy (non-hydrogen) atoms. The van der Waals surface area contributed by atoms with Gasteiger partial charge < -0.3 is 25.0 Å². The number of amides is 3. The summed E-state index contributed by atoms with van der Waals surface area (Å²) in [7, 11) is 3.10. The van der Waals surface area contributed by atoms with Crippen molar-refractivity contribution in [2.24, 2.45) is 0 Å². The fourth-order valence-corrected chi connectivity index (χ4v) is 2.49. The van der Waals surface area contributed by atoms with Gasteiger partial charge in [-0.2, -0.15) is 0 Å². The molecule has 0 radical (unpaired) electrons. The minimum absolute atomic E-state index is 0.204. The number of rotatable bonds is 7. The highest BCUT2D eigenvalue weighted by molar-refractivity contribution is 5.91. The van der Waals surface area contributed by atoms with E-state index in [4.69, 9.17) is 9.47 Å². The Morgan fingerprint density at radius 1 is 1.30 bits per heavy atom. The first-order valence-corrected chi connectivity index (χ1v) is 7.68. The Bertz CT molecular complexity index is 562. The summed E-state index contributed by atoms with van der Waals surface area (Å²) >= 11 is 0. The van der Waals surface area contributed by atoms with E-state index in [1.165, 1.54) is 7.11 Å². The number of urea groups is 1. The second-order valence-corrected chi connectivity index (χ2v) is 5.29. The van der Waals surface area contributed by atoms with Gasteiger partial charge in [-0.15, -0.1) is 0 Å². The molecule has 2 rings (SSSR count). The van der Waals surface area contributed by atoms with Crippen LogP contribution in [0.5, 0.6) is 11.5 Å². The van der Waals surface area contributed by atoms with Gasteiger partial charge in [-0.3, -0.25) is 4.79 Å². The summed E-state index contributed by atoms with van der Waals surface area (Å²) in [5.41, 5.74) is 0.541. The number of anilines is 1. The molecule has 0 unspecified atom stereocenters. The predicted molar refractivity (Wildman–Crippen MR) is 87.0 cm³/mol. The fourth-order valence-electron chi connectivity index (χ4n) is 2.49. The number of benzene rings is 1. The Kier molecular flexibility index (Phi) is 6.08. The molecule has 126 valence electrons. The Morgan fingerprint density at radius 2 is 2.13 bits per heavy atom. The number of carbonyl (C=O) groups excluding carboxylic acids is 2. The molecule has 1 aromatic carbocycles. The molecule has 1 aliphatic rings. The van der Waals surface area contributed by atoms with E-state index in [1.54, 1.807) is 25.3 Å². The van der Waals surface area contributed by atoms with Gasteiger partial charge in [0.1, 0.15) is 11.5 Å². The van der Waals surface area contributed by atoms with Gasteiger partial charge in [-0.05, 0) is 25.0 Å². The summed E-state index contributed by atoms with van der Waals surface area (Å²) in [5.74, 6) is 1.40. The highest BCUT2D eigenvalue weighted by atomic mass is 16.5. The van der Waals surface area contributed by atoms with Crippen LogP contribution in [0.3, 0.4) is 0 Å². The van der Waals surface area contributed by atoms with E-state index in [-0.39, 0.29) is 11.9 Å². The fraction of sp³-hybridized carbons (Fsp3) is 0.500. The summed E-state index contributed by atoms with van der Waals surface area (Å²) in [4.78, 5) is 25.3. The van der Waals surface area contributed by atoms with Gasteiger partial charge >= 0.3 is 6.03 Å². The molecule has 0 bridgehead atoms. The van der Waals surface area contributed by atoms with Gasteiger partial charge in [0.15, 0.2) is 0 Å². The zero-order chi connectivity index (χ0) is 16.7. The minimum Gasteiger partial charge on any atom is -0.497 e. The van der Waals surface area contributed by atoms with Crippen molar-refractivity contribution >= 4 is 17.6 Å². The first kappa shape index (κ1) is 16.9. The monoisotopic (exact) mass is 321 g/mol. The first-order chi connectivity index (χ1) is 11.1. The maximum Gasteiger partial charge on any atom is 0.319 e. The number of hydrogen-bond acceptors (Lipinski definition) is 4. The number of carbonyl (C=O) groups is 2. The average Bonchev–Trinajstić information content (AvgIpc) is 2.96. The smallest absolute Gasteiger partial charge is 0.319 e. The summed E-state index contributed by atoms with van der Waals surface area (Å²) in [6.45, 7) is 2.01. The number of nitrogens with one attached hydrogen (secondary N) is 2. The van der Waals surface area contributed by atoms with Crippen LogP contribution in [-0.2, 0) is 4.79 Å². The standard InChI is InChI=1S/C16H23N3O4/c1-22-12-6-7-14(23-2)13(11-12)18-16(21)17-8-4-10-19-9-3-5-15(19)20/h6-7,11H,3-5,8-10H2,1-2H3,(H2,17,18,21). The quantitative estimate of drug-likeness (QED) is 0.751. The van der Waals surface area contributed by atoms with Crippen molar-refractivity contribution in [3.8, 4) is 11.5 Å². The Morgan fingerprint density at radius 3 is 2.78 bits per heavy atom. The third-order valence-corrected chi connectivity index (χ3v) is 3.72. The van der Waals surface area contributed by atoms with Crippen LogP contribution in [0.1, 0.15) is 19.3 Å². The second kappa shape index (κ2) is 8.26. The average molecular weight is 321 g/mol. The molecule has 0 atom stereocenters. The summed E-state index contributed by atoms with van der Waals surface area (Å²) < 4.78 is 10.3. The van der Waals surface area contributed by atoms with E-state index in [2.05, 4.69) is 10.6 Å². The maximum atomic E-state index is 11.9. The zero-order valence-electron chi connectivity index (χ0n) is 13.6. The Hall–Kier alpha value is -2.44. The molecule has 0 aromatic heterocycles. The molecule has 7 nitrogen and oxygen atoms in total. The summed E-state index contributed by atoms with van der Waals surface area (Å²) in [6.07, 6.45) is 2.31. The molecule has 2 N–H and O–H groups in total. The number of ether oxygens (including phenoxy) is 2. The third kappa shape index (κ3) is 4.77. The molecule has 1 fully saturated rings. The van der Waals surface area contributed by atoms with Crippen LogP contribution in [0.15, 0.2) is 18.2 Å². The molecule has 1 saturated heterocycles. The molecule has 7 heteroatoms. The largest absolute Gasteiger partial charge is 0.497 e. The van der Waals surface area contributed by atoms with Gasteiger partial charge in [-0.1, -0.05) is 0 Å². The van der Waals surface area contributed by atoms with E-state index < -0.39 is 0 Å². The van der Waals surface area contributed by atoms with Gasteiger partial charge in [0, 0.05) is 32.1 Å². The Labute approximate surface area is 135 Å². The number of nitrogens with zero attached hydrogens (tertiary/aromatic N) is 1. The molecular weight excluding hydrogens is 298 g/mol. The summed E-state index contributed by atoms with van der Waals surface area (Å²) in [6, 6.07) is 4.87. The van der Waals surface area contributed by atoms with Gasteiger partial charge in [0.25, 0.3) is 0 Å². The van der Waals surface area contributed by atoms with Gasteiger partial charge in [-0.25, -0.2) is 4.79 Å². The highest BCUT2D eigenvalue weighted by Crippen LogP contribution is 2.28. The van der Waals surface area contributed by atoms with Crippen LogP contribution in [0.2, 0.25) is 0 Å². The van der Waals surface area contributed by atoms with E-state index in [9.17, 15) is 9.59 Å². The van der Waals surface area contributed by atoms with Crippen molar-refractivity contribution in [1.82, 2.24) is 10.2 Å². The molecule has 1 aromatic rings. The van der Waals surface area contributed by atoms with E-state index in [0.717, 1.165) is 19.4 Å². The van der Waals surface area contributed by atoms with Crippen molar-refractivity contribution in [2.75, 3.05) is 39.2 Å². The normalized spacial score (nSPS) is 13.8. The highest BCUT2D eigenvalue weighted by Gasteiger charge is 2.19. The minimum atomic E-state index is -0.315. The van der Waals surface area contributed by atoms with Gasteiger partial charge in [0.05, 0.1) is 19.9 Å². The molecule has 1 aliphatic heterocycles. The van der Waals surface area contributed by atoms with E-state index >= 15 is 0 Å². The lowest BCUT2D eigenvalue weighted by atomic mass is 10.2. The molecule has 0 aliphatic carbocycles. The summed E-state index contributed by atoms with van der Waals surface area (Å²) in [5, 5.41) is 5.51. The molecule has 1 heterocycles. The lowest BCUT2D eigenvalue weighted by Crippen LogP contribution is -2.33. The van der Waals surface area contributed by atoms with Crippen molar-refractivity contribution in [3.05, 3.63) is 18.2 Å². The topological polar surface area (TPSA) is 79.9 Å². The van der Waals surface area contributed by atoms with Gasteiger partial charge in [0.2, 0.25) is 5.91 Å². The number of likely N-dealkylation sites (tertiary alicyclic amines) is 1. The van der Waals surface area contributed by atoms with E-state index in [0.29, 0.717) is 36.7 Å². The van der Waals surface area contributed by atoms with Crippen LogP contribution in [0.25, 0.3) is 0 Å².